The van der Waals surface area contributed by atoms with Crippen LogP contribution in [-0.4, -0.2) is 45.2 Å². The summed E-state index contributed by atoms with van der Waals surface area (Å²) in [5.41, 5.74) is 1.10. The van der Waals surface area contributed by atoms with Crippen molar-refractivity contribution in [2.45, 2.75) is 26.0 Å². The van der Waals surface area contributed by atoms with E-state index in [1.165, 1.54) is 0 Å². The van der Waals surface area contributed by atoms with Gasteiger partial charge in [0.2, 0.25) is 0 Å². The van der Waals surface area contributed by atoms with Crippen molar-refractivity contribution in [1.82, 2.24) is 5.32 Å². The second kappa shape index (κ2) is 9.58. The third kappa shape index (κ3) is 5.77. The smallest absolute Gasteiger partial charge is 0.161 e. The summed E-state index contributed by atoms with van der Waals surface area (Å²) in [6.07, 6.45) is 0.212. The van der Waals surface area contributed by atoms with Crippen molar-refractivity contribution in [3.63, 3.8) is 0 Å². The first-order chi connectivity index (χ1) is 9.71. The lowest BCUT2D eigenvalue weighted by atomic mass is 10.2. The molecule has 2 N–H and O–H groups in total. The highest BCUT2D eigenvalue weighted by molar-refractivity contribution is 5.43. The predicted octanol–water partition coefficient (Wildman–Crippen LogP) is 1.58. The first-order valence-corrected chi connectivity index (χ1v) is 6.88. The van der Waals surface area contributed by atoms with Crippen molar-refractivity contribution >= 4 is 0 Å². The predicted molar refractivity (Wildman–Crippen MR) is 78.4 cm³/mol. The lowest BCUT2D eigenvalue weighted by Crippen LogP contribution is -2.19. The maximum atomic E-state index is 9.56. The molecule has 5 heteroatoms. The molecule has 114 valence electrons. The van der Waals surface area contributed by atoms with Crippen LogP contribution in [0.4, 0.5) is 0 Å². The molecule has 1 rings (SSSR count). The molecule has 0 aliphatic heterocycles. The molecule has 0 radical (unpaired) electrons. The molecule has 20 heavy (non-hydrogen) atoms. The molecule has 0 aliphatic rings. The Kier molecular flexibility index (Phi) is 8.02. The van der Waals surface area contributed by atoms with Crippen LogP contribution in [0.3, 0.4) is 0 Å². The van der Waals surface area contributed by atoms with Crippen molar-refractivity contribution in [1.29, 1.82) is 0 Å². The van der Waals surface area contributed by atoms with Crippen molar-refractivity contribution < 1.29 is 19.3 Å². The summed E-state index contributed by atoms with van der Waals surface area (Å²) in [5.74, 6) is 1.33. The maximum Gasteiger partial charge on any atom is 0.161 e. The van der Waals surface area contributed by atoms with Gasteiger partial charge >= 0.3 is 0 Å². The highest BCUT2D eigenvalue weighted by atomic mass is 16.5. The van der Waals surface area contributed by atoms with Crippen LogP contribution in [0.2, 0.25) is 0 Å². The fraction of sp³-hybridized carbons (Fsp3) is 0.600. The average molecular weight is 283 g/mol. The fourth-order valence-corrected chi connectivity index (χ4v) is 1.65. The molecule has 5 nitrogen and oxygen atoms in total. The number of rotatable bonds is 10. The summed E-state index contributed by atoms with van der Waals surface area (Å²) in [5, 5.41) is 12.8. The Hall–Kier alpha value is -1.30. The average Bonchev–Trinajstić information content (AvgIpc) is 2.49. The molecule has 0 heterocycles. The number of aliphatic hydroxyl groups is 1. The molecule has 1 aromatic carbocycles. The van der Waals surface area contributed by atoms with E-state index >= 15 is 0 Å². The third-order valence-corrected chi connectivity index (χ3v) is 2.94. The molecule has 1 unspecified atom stereocenters. The number of hydrogen-bond donors (Lipinski definition) is 2. The van der Waals surface area contributed by atoms with Gasteiger partial charge in [-0.3, -0.25) is 0 Å². The number of nitrogens with one attached hydrogen (secondary N) is 1. The van der Waals surface area contributed by atoms with E-state index in [9.17, 15) is 5.11 Å². The summed E-state index contributed by atoms with van der Waals surface area (Å²) in [6.45, 7) is 4.41. The lowest BCUT2D eigenvalue weighted by molar-refractivity contribution is 0.102. The van der Waals surface area contributed by atoms with Gasteiger partial charge in [-0.15, -0.1) is 0 Å². The van der Waals surface area contributed by atoms with Gasteiger partial charge in [-0.25, -0.2) is 0 Å². The van der Waals surface area contributed by atoms with Gasteiger partial charge in [0.25, 0.3) is 0 Å². The highest BCUT2D eigenvalue weighted by Crippen LogP contribution is 2.28. The minimum Gasteiger partial charge on any atom is -0.493 e. The zero-order valence-corrected chi connectivity index (χ0v) is 12.5. The van der Waals surface area contributed by atoms with E-state index < -0.39 is 6.10 Å². The van der Waals surface area contributed by atoms with E-state index in [1.54, 1.807) is 14.2 Å². The minimum atomic E-state index is -0.455. The van der Waals surface area contributed by atoms with Gasteiger partial charge in [0, 0.05) is 20.2 Å². The molecular formula is C15H25NO4. The van der Waals surface area contributed by atoms with E-state index in [0.717, 1.165) is 18.7 Å². The van der Waals surface area contributed by atoms with Crippen LogP contribution in [0.1, 0.15) is 18.9 Å². The number of benzene rings is 1. The maximum absolute atomic E-state index is 9.56. The van der Waals surface area contributed by atoms with Gasteiger partial charge in [-0.05, 0) is 24.1 Å². The van der Waals surface area contributed by atoms with Gasteiger partial charge in [0.05, 0.1) is 19.8 Å². The van der Waals surface area contributed by atoms with Crippen molar-refractivity contribution in [2.75, 3.05) is 34.0 Å². The van der Waals surface area contributed by atoms with Gasteiger partial charge in [-0.1, -0.05) is 13.0 Å². The summed E-state index contributed by atoms with van der Waals surface area (Å²) >= 11 is 0. The zero-order chi connectivity index (χ0) is 14.8. The first-order valence-electron chi connectivity index (χ1n) is 6.88. The van der Waals surface area contributed by atoms with E-state index in [1.807, 2.05) is 25.1 Å². The summed E-state index contributed by atoms with van der Waals surface area (Å²) in [4.78, 5) is 0. The fourth-order valence-electron chi connectivity index (χ4n) is 1.65. The minimum absolute atomic E-state index is 0.271. The van der Waals surface area contributed by atoms with Crippen LogP contribution >= 0.6 is 0 Å². The molecule has 0 saturated heterocycles. The van der Waals surface area contributed by atoms with E-state index in [4.69, 9.17) is 14.2 Å². The van der Waals surface area contributed by atoms with E-state index in [-0.39, 0.29) is 6.61 Å². The van der Waals surface area contributed by atoms with Crippen LogP contribution in [-0.2, 0) is 11.3 Å². The van der Waals surface area contributed by atoms with Crippen molar-refractivity contribution in [3.05, 3.63) is 23.8 Å². The molecule has 0 spiro atoms. The third-order valence-electron chi connectivity index (χ3n) is 2.94. The largest absolute Gasteiger partial charge is 0.493 e. The van der Waals surface area contributed by atoms with Crippen LogP contribution in [0.25, 0.3) is 0 Å². The summed E-state index contributed by atoms with van der Waals surface area (Å²) < 4.78 is 15.9. The van der Waals surface area contributed by atoms with Crippen LogP contribution in [0.15, 0.2) is 18.2 Å². The standard InChI is InChI=1S/C15H25NO4/c1-4-13(17)11-20-15-9-12(5-6-14(15)19-3)10-16-7-8-18-2/h5-6,9,13,16-17H,4,7-8,10-11H2,1-3H3. The molecule has 1 atom stereocenters. The Bertz CT molecular complexity index is 384. The number of methoxy groups -OCH3 is 2. The lowest BCUT2D eigenvalue weighted by Gasteiger charge is -2.14. The molecule has 0 bridgehead atoms. The quantitative estimate of drug-likeness (QED) is 0.638. The second-order valence-corrected chi connectivity index (χ2v) is 4.53. The summed E-state index contributed by atoms with van der Waals surface area (Å²) in [6, 6.07) is 5.80. The van der Waals surface area contributed by atoms with E-state index in [2.05, 4.69) is 5.32 Å². The van der Waals surface area contributed by atoms with Gasteiger partial charge in [0.1, 0.15) is 6.61 Å². The van der Waals surface area contributed by atoms with Gasteiger partial charge in [-0.2, -0.15) is 0 Å². The topological polar surface area (TPSA) is 60.0 Å². The molecule has 0 aliphatic carbocycles. The summed E-state index contributed by atoms with van der Waals surface area (Å²) in [7, 11) is 3.29. The number of hydrogen-bond acceptors (Lipinski definition) is 5. The highest BCUT2D eigenvalue weighted by Gasteiger charge is 2.08. The van der Waals surface area contributed by atoms with Crippen LogP contribution in [0, 0.1) is 0 Å². The Morgan fingerprint density at radius 3 is 2.70 bits per heavy atom. The monoisotopic (exact) mass is 283 g/mol. The molecule has 1 aromatic rings. The Labute approximate surface area is 120 Å². The molecule has 0 aromatic heterocycles. The SMILES string of the molecule is CCC(O)COc1cc(CNCCOC)ccc1OC. The molecule has 0 fully saturated rings. The second-order valence-electron chi connectivity index (χ2n) is 4.53. The Balaban J connectivity index is 2.60. The Morgan fingerprint density at radius 2 is 2.05 bits per heavy atom. The first kappa shape index (κ1) is 16.8. The normalized spacial score (nSPS) is 12.2. The van der Waals surface area contributed by atoms with Crippen molar-refractivity contribution in [2.24, 2.45) is 0 Å². The number of aliphatic hydroxyl groups excluding tert-OH is 1. The Morgan fingerprint density at radius 1 is 1.25 bits per heavy atom. The van der Waals surface area contributed by atoms with E-state index in [0.29, 0.717) is 24.5 Å². The number of ether oxygens (including phenoxy) is 3. The zero-order valence-electron chi connectivity index (χ0n) is 12.5. The van der Waals surface area contributed by atoms with Gasteiger partial charge < -0.3 is 24.6 Å². The molecule has 0 saturated carbocycles. The van der Waals surface area contributed by atoms with Gasteiger partial charge in [0.15, 0.2) is 11.5 Å². The van der Waals surface area contributed by atoms with Crippen LogP contribution in [0.5, 0.6) is 11.5 Å². The molecule has 0 amide bonds. The van der Waals surface area contributed by atoms with Crippen molar-refractivity contribution in [3.8, 4) is 11.5 Å². The van der Waals surface area contributed by atoms with Crippen LogP contribution < -0.4 is 14.8 Å². The molecular weight excluding hydrogens is 258 g/mol.